The average molecular weight is 205 g/mol. The standard InChI is InChI=1S/C10H23NO3/c1-10(11-2)4-5-13-8-9-14-7-6-12-3/h10-11H,4-9H2,1-3H3. The van der Waals surface area contributed by atoms with Crippen LogP contribution < -0.4 is 5.32 Å². The highest BCUT2D eigenvalue weighted by atomic mass is 16.5. The second-order valence-corrected chi connectivity index (χ2v) is 3.20. The van der Waals surface area contributed by atoms with Crippen LogP contribution in [0, 0.1) is 0 Å². The molecule has 0 bridgehead atoms. The molecular weight excluding hydrogens is 182 g/mol. The molecule has 0 heterocycles. The van der Waals surface area contributed by atoms with Gasteiger partial charge in [0.15, 0.2) is 0 Å². The van der Waals surface area contributed by atoms with E-state index < -0.39 is 0 Å². The topological polar surface area (TPSA) is 39.7 Å². The van der Waals surface area contributed by atoms with Crippen molar-refractivity contribution >= 4 is 0 Å². The van der Waals surface area contributed by atoms with Gasteiger partial charge in [0.1, 0.15) is 0 Å². The van der Waals surface area contributed by atoms with E-state index in [1.807, 2.05) is 7.05 Å². The van der Waals surface area contributed by atoms with E-state index in [4.69, 9.17) is 14.2 Å². The quantitative estimate of drug-likeness (QED) is 0.532. The van der Waals surface area contributed by atoms with Crippen LogP contribution in [0.1, 0.15) is 13.3 Å². The monoisotopic (exact) mass is 205 g/mol. The average Bonchev–Trinajstić information content (AvgIpc) is 2.21. The molecule has 86 valence electrons. The van der Waals surface area contributed by atoms with Gasteiger partial charge in [-0.05, 0) is 20.4 Å². The largest absolute Gasteiger partial charge is 0.382 e. The van der Waals surface area contributed by atoms with Gasteiger partial charge in [-0.25, -0.2) is 0 Å². The predicted octanol–water partition coefficient (Wildman–Crippen LogP) is 0.664. The van der Waals surface area contributed by atoms with Crippen molar-refractivity contribution in [1.29, 1.82) is 0 Å². The fourth-order valence-corrected chi connectivity index (χ4v) is 0.869. The molecule has 1 N–H and O–H groups in total. The van der Waals surface area contributed by atoms with E-state index in [2.05, 4.69) is 12.2 Å². The Balaban J connectivity index is 2.92. The molecule has 0 fully saturated rings. The summed E-state index contributed by atoms with van der Waals surface area (Å²) >= 11 is 0. The minimum atomic E-state index is 0.518. The number of hydrogen-bond donors (Lipinski definition) is 1. The summed E-state index contributed by atoms with van der Waals surface area (Å²) in [5.41, 5.74) is 0. The van der Waals surface area contributed by atoms with Crippen molar-refractivity contribution in [3.63, 3.8) is 0 Å². The fraction of sp³-hybridized carbons (Fsp3) is 1.00. The van der Waals surface area contributed by atoms with E-state index in [1.165, 1.54) is 0 Å². The van der Waals surface area contributed by atoms with Crippen LogP contribution in [0.2, 0.25) is 0 Å². The van der Waals surface area contributed by atoms with Crippen molar-refractivity contribution in [1.82, 2.24) is 5.32 Å². The minimum absolute atomic E-state index is 0.518. The van der Waals surface area contributed by atoms with Gasteiger partial charge in [0.05, 0.1) is 26.4 Å². The van der Waals surface area contributed by atoms with E-state index in [-0.39, 0.29) is 0 Å². The molecule has 0 amide bonds. The first kappa shape index (κ1) is 13.8. The Morgan fingerprint density at radius 3 is 2.14 bits per heavy atom. The number of nitrogens with one attached hydrogen (secondary N) is 1. The summed E-state index contributed by atoms with van der Waals surface area (Å²) < 4.78 is 15.5. The summed E-state index contributed by atoms with van der Waals surface area (Å²) in [5.74, 6) is 0. The van der Waals surface area contributed by atoms with Crippen LogP contribution in [0.25, 0.3) is 0 Å². The molecule has 1 atom stereocenters. The molecule has 4 nitrogen and oxygen atoms in total. The molecule has 0 aliphatic carbocycles. The number of methoxy groups -OCH3 is 1. The van der Waals surface area contributed by atoms with Crippen LogP contribution in [0.4, 0.5) is 0 Å². The summed E-state index contributed by atoms with van der Waals surface area (Å²) in [6.45, 7) is 5.54. The lowest BCUT2D eigenvalue weighted by molar-refractivity contribution is 0.0232. The fourth-order valence-electron chi connectivity index (χ4n) is 0.869. The Morgan fingerprint density at radius 1 is 1.00 bits per heavy atom. The second kappa shape index (κ2) is 10.9. The molecule has 0 rings (SSSR count). The molecule has 0 saturated carbocycles. The molecule has 0 aliphatic heterocycles. The van der Waals surface area contributed by atoms with Crippen molar-refractivity contribution < 1.29 is 14.2 Å². The smallest absolute Gasteiger partial charge is 0.0701 e. The SMILES string of the molecule is CNC(C)CCOCCOCCOC. The normalized spacial score (nSPS) is 13.1. The second-order valence-electron chi connectivity index (χ2n) is 3.20. The molecule has 0 aromatic heterocycles. The van der Waals surface area contributed by atoms with Crippen LogP contribution in [0.3, 0.4) is 0 Å². The zero-order valence-corrected chi connectivity index (χ0v) is 9.54. The van der Waals surface area contributed by atoms with Gasteiger partial charge < -0.3 is 19.5 Å². The van der Waals surface area contributed by atoms with Gasteiger partial charge in [-0.15, -0.1) is 0 Å². The Morgan fingerprint density at radius 2 is 1.57 bits per heavy atom. The minimum Gasteiger partial charge on any atom is -0.382 e. The number of rotatable bonds is 10. The van der Waals surface area contributed by atoms with Gasteiger partial charge in [0.2, 0.25) is 0 Å². The van der Waals surface area contributed by atoms with E-state index in [0.717, 1.165) is 13.0 Å². The third kappa shape index (κ3) is 9.92. The molecular formula is C10H23NO3. The molecule has 0 radical (unpaired) electrons. The van der Waals surface area contributed by atoms with Gasteiger partial charge in [-0.1, -0.05) is 0 Å². The Bertz CT molecular complexity index is 112. The Kier molecular flexibility index (Phi) is 10.8. The summed E-state index contributed by atoms with van der Waals surface area (Å²) in [4.78, 5) is 0. The molecule has 4 heteroatoms. The van der Waals surface area contributed by atoms with E-state index in [0.29, 0.717) is 32.5 Å². The highest BCUT2D eigenvalue weighted by molar-refractivity contribution is 4.54. The molecule has 0 aromatic carbocycles. The zero-order valence-electron chi connectivity index (χ0n) is 9.54. The van der Waals surface area contributed by atoms with Crippen LogP contribution in [0.15, 0.2) is 0 Å². The molecule has 14 heavy (non-hydrogen) atoms. The van der Waals surface area contributed by atoms with Crippen LogP contribution in [0.5, 0.6) is 0 Å². The molecule has 0 aromatic rings. The highest BCUT2D eigenvalue weighted by Gasteiger charge is 1.96. The highest BCUT2D eigenvalue weighted by Crippen LogP contribution is 1.90. The zero-order chi connectivity index (χ0) is 10.6. The predicted molar refractivity (Wildman–Crippen MR) is 56.7 cm³/mol. The van der Waals surface area contributed by atoms with Crippen molar-refractivity contribution in [2.24, 2.45) is 0 Å². The summed E-state index contributed by atoms with van der Waals surface area (Å²) in [6, 6.07) is 0.518. The van der Waals surface area contributed by atoms with Crippen molar-refractivity contribution in [3.05, 3.63) is 0 Å². The first-order chi connectivity index (χ1) is 6.81. The van der Waals surface area contributed by atoms with Crippen molar-refractivity contribution in [2.45, 2.75) is 19.4 Å². The van der Waals surface area contributed by atoms with Gasteiger partial charge >= 0.3 is 0 Å². The maximum absolute atomic E-state index is 5.38. The molecule has 0 aliphatic rings. The lowest BCUT2D eigenvalue weighted by Gasteiger charge is -2.10. The van der Waals surface area contributed by atoms with E-state index in [9.17, 15) is 0 Å². The third-order valence-electron chi connectivity index (χ3n) is 1.99. The third-order valence-corrected chi connectivity index (χ3v) is 1.99. The Labute approximate surface area is 86.9 Å². The van der Waals surface area contributed by atoms with E-state index in [1.54, 1.807) is 7.11 Å². The molecule has 1 unspecified atom stereocenters. The van der Waals surface area contributed by atoms with Crippen molar-refractivity contribution in [3.8, 4) is 0 Å². The Hall–Kier alpha value is -0.160. The van der Waals surface area contributed by atoms with E-state index >= 15 is 0 Å². The summed E-state index contributed by atoms with van der Waals surface area (Å²) in [7, 11) is 3.62. The van der Waals surface area contributed by atoms with Gasteiger partial charge in [-0.2, -0.15) is 0 Å². The maximum atomic E-state index is 5.38. The summed E-state index contributed by atoms with van der Waals surface area (Å²) in [5, 5.41) is 3.16. The van der Waals surface area contributed by atoms with Crippen molar-refractivity contribution in [2.75, 3.05) is 47.2 Å². The molecule has 0 saturated heterocycles. The van der Waals surface area contributed by atoms with Gasteiger partial charge in [0, 0.05) is 19.8 Å². The first-order valence-electron chi connectivity index (χ1n) is 5.13. The number of hydrogen-bond acceptors (Lipinski definition) is 4. The lowest BCUT2D eigenvalue weighted by atomic mass is 10.2. The first-order valence-corrected chi connectivity index (χ1v) is 5.13. The van der Waals surface area contributed by atoms with Crippen LogP contribution in [-0.2, 0) is 14.2 Å². The van der Waals surface area contributed by atoms with Gasteiger partial charge in [-0.3, -0.25) is 0 Å². The van der Waals surface area contributed by atoms with Crippen LogP contribution >= 0.6 is 0 Å². The lowest BCUT2D eigenvalue weighted by Crippen LogP contribution is -2.23. The number of ether oxygens (including phenoxy) is 3. The molecule has 0 spiro atoms. The maximum Gasteiger partial charge on any atom is 0.0701 e. The van der Waals surface area contributed by atoms with Gasteiger partial charge in [0.25, 0.3) is 0 Å². The summed E-state index contributed by atoms with van der Waals surface area (Å²) in [6.07, 6.45) is 1.04. The van der Waals surface area contributed by atoms with Crippen LogP contribution in [-0.4, -0.2) is 53.2 Å².